The fraction of sp³-hybridized carbons (Fsp3) is 0.750. The molecule has 3 rings (SSSR count). The zero-order chi connectivity index (χ0) is 20.6. The first-order chi connectivity index (χ1) is 14.1. The molecule has 0 bridgehead atoms. The van der Waals surface area contributed by atoms with Gasteiger partial charge >= 0.3 is 0 Å². The van der Waals surface area contributed by atoms with Crippen LogP contribution >= 0.6 is 0 Å². The molecule has 2 aliphatic rings. The van der Waals surface area contributed by atoms with Gasteiger partial charge in [0.05, 0.1) is 25.9 Å². The first-order valence-electron chi connectivity index (χ1n) is 11.5. The Morgan fingerprint density at radius 3 is 2.14 bits per heavy atom. The Bertz CT molecular complexity index is 621. The predicted molar refractivity (Wildman–Crippen MR) is 110 cm³/mol. The van der Waals surface area contributed by atoms with Gasteiger partial charge in [-0.3, -0.25) is 0 Å². The second kappa shape index (κ2) is 11.1. The fourth-order valence-electron chi connectivity index (χ4n) is 4.78. The van der Waals surface area contributed by atoms with Crippen LogP contribution in [0, 0.1) is 29.4 Å². The molecule has 1 aliphatic carbocycles. The normalized spacial score (nSPS) is 27.6. The lowest BCUT2D eigenvalue weighted by atomic mass is 9.74. The van der Waals surface area contributed by atoms with Crippen LogP contribution in [0.4, 0.5) is 8.78 Å². The highest BCUT2D eigenvalue weighted by Crippen LogP contribution is 2.38. The average molecular weight is 411 g/mol. The maximum absolute atomic E-state index is 14.2. The second-order valence-electron chi connectivity index (χ2n) is 8.65. The molecule has 0 aromatic heterocycles. The van der Waals surface area contributed by atoms with Gasteiger partial charge < -0.3 is 14.2 Å². The predicted octanol–water partition coefficient (Wildman–Crippen LogP) is 6.53. The van der Waals surface area contributed by atoms with Crippen molar-refractivity contribution in [1.29, 1.82) is 0 Å². The molecule has 1 saturated carbocycles. The van der Waals surface area contributed by atoms with E-state index >= 15 is 0 Å². The average Bonchev–Trinajstić information content (AvgIpc) is 2.76. The SMILES string of the molecule is CCCCC1CCC(C2CCC(COc3ccc(OCC)c(F)c3F)CC2)CO1. The van der Waals surface area contributed by atoms with E-state index in [0.717, 1.165) is 25.4 Å². The molecule has 29 heavy (non-hydrogen) atoms. The van der Waals surface area contributed by atoms with Gasteiger partial charge in [-0.1, -0.05) is 19.8 Å². The molecule has 164 valence electrons. The molecule has 5 heteroatoms. The Hall–Kier alpha value is -1.36. The Morgan fingerprint density at radius 1 is 0.897 bits per heavy atom. The first-order valence-corrected chi connectivity index (χ1v) is 11.5. The van der Waals surface area contributed by atoms with Crippen LogP contribution in [0.25, 0.3) is 0 Å². The summed E-state index contributed by atoms with van der Waals surface area (Å²) in [6.45, 7) is 5.62. The largest absolute Gasteiger partial charge is 0.491 e. The number of hydrogen-bond acceptors (Lipinski definition) is 3. The van der Waals surface area contributed by atoms with Gasteiger partial charge in [-0.2, -0.15) is 8.78 Å². The molecule has 1 aliphatic heterocycles. The summed E-state index contributed by atoms with van der Waals surface area (Å²) in [6, 6.07) is 2.90. The Labute approximate surface area is 174 Å². The number of benzene rings is 1. The van der Waals surface area contributed by atoms with Crippen LogP contribution < -0.4 is 9.47 Å². The van der Waals surface area contributed by atoms with Crippen LogP contribution in [0.15, 0.2) is 12.1 Å². The highest BCUT2D eigenvalue weighted by Gasteiger charge is 2.31. The highest BCUT2D eigenvalue weighted by molar-refractivity contribution is 5.35. The topological polar surface area (TPSA) is 27.7 Å². The molecule has 1 aromatic rings. The van der Waals surface area contributed by atoms with Crippen molar-refractivity contribution in [2.24, 2.45) is 17.8 Å². The molecule has 1 aromatic carbocycles. The number of hydrogen-bond donors (Lipinski definition) is 0. The zero-order valence-electron chi connectivity index (χ0n) is 17.9. The van der Waals surface area contributed by atoms with Crippen molar-refractivity contribution in [2.75, 3.05) is 19.8 Å². The Kier molecular flexibility index (Phi) is 8.58. The summed E-state index contributed by atoms with van der Waals surface area (Å²) >= 11 is 0. The molecule has 0 spiro atoms. The number of unbranched alkanes of at least 4 members (excludes halogenated alkanes) is 1. The van der Waals surface area contributed by atoms with Gasteiger partial charge in [0, 0.05) is 0 Å². The van der Waals surface area contributed by atoms with Gasteiger partial charge in [-0.25, -0.2) is 0 Å². The zero-order valence-corrected chi connectivity index (χ0v) is 17.9. The maximum Gasteiger partial charge on any atom is 0.204 e. The van der Waals surface area contributed by atoms with Crippen LogP contribution in [-0.4, -0.2) is 25.9 Å². The highest BCUT2D eigenvalue weighted by atomic mass is 19.2. The van der Waals surface area contributed by atoms with E-state index in [9.17, 15) is 8.78 Å². The summed E-state index contributed by atoms with van der Waals surface area (Å²) in [4.78, 5) is 0. The van der Waals surface area contributed by atoms with E-state index in [1.165, 1.54) is 57.1 Å². The third-order valence-electron chi connectivity index (χ3n) is 6.63. The lowest BCUT2D eigenvalue weighted by molar-refractivity contribution is -0.0433. The van der Waals surface area contributed by atoms with E-state index in [1.807, 2.05) is 0 Å². The smallest absolute Gasteiger partial charge is 0.204 e. The molecule has 1 saturated heterocycles. The van der Waals surface area contributed by atoms with E-state index in [-0.39, 0.29) is 11.5 Å². The molecule has 2 atom stereocenters. The maximum atomic E-state index is 14.2. The van der Waals surface area contributed by atoms with Crippen molar-refractivity contribution in [3.05, 3.63) is 23.8 Å². The number of rotatable bonds is 9. The van der Waals surface area contributed by atoms with Gasteiger partial charge in [-0.05, 0) is 81.8 Å². The van der Waals surface area contributed by atoms with Crippen LogP contribution in [-0.2, 0) is 4.74 Å². The molecule has 0 N–H and O–H groups in total. The molecule has 1 heterocycles. The van der Waals surface area contributed by atoms with Crippen molar-refractivity contribution in [3.63, 3.8) is 0 Å². The minimum absolute atomic E-state index is 0.0214. The summed E-state index contributed by atoms with van der Waals surface area (Å²) in [6.07, 6.45) is 11.2. The summed E-state index contributed by atoms with van der Waals surface area (Å²) in [5.41, 5.74) is 0. The van der Waals surface area contributed by atoms with E-state index < -0.39 is 11.6 Å². The number of ether oxygens (including phenoxy) is 3. The van der Waals surface area contributed by atoms with Crippen molar-refractivity contribution in [2.45, 2.75) is 77.7 Å². The van der Waals surface area contributed by atoms with E-state index in [2.05, 4.69) is 6.92 Å². The summed E-state index contributed by atoms with van der Waals surface area (Å²) in [5.74, 6) is -0.187. The Balaban J connectivity index is 1.40. The van der Waals surface area contributed by atoms with Gasteiger partial charge in [0.1, 0.15) is 0 Å². The molecule has 3 nitrogen and oxygen atoms in total. The van der Waals surface area contributed by atoms with Crippen LogP contribution in [0.5, 0.6) is 11.5 Å². The fourth-order valence-corrected chi connectivity index (χ4v) is 4.78. The van der Waals surface area contributed by atoms with Gasteiger partial charge in [0.15, 0.2) is 11.5 Å². The van der Waals surface area contributed by atoms with Gasteiger partial charge in [0.25, 0.3) is 0 Å². The lowest BCUT2D eigenvalue weighted by Gasteiger charge is -2.37. The standard InChI is InChI=1S/C24H36F2O3/c1-3-5-6-20-12-11-19(16-28-20)18-9-7-17(8-10-18)15-29-22-14-13-21(27-4-2)23(25)24(22)26/h13-14,17-20H,3-12,15-16H2,1-2H3. The minimum Gasteiger partial charge on any atom is -0.491 e. The first kappa shape index (κ1) is 22.3. The summed E-state index contributed by atoms with van der Waals surface area (Å²) in [7, 11) is 0. The van der Waals surface area contributed by atoms with Crippen LogP contribution in [0.1, 0.15) is 71.6 Å². The van der Waals surface area contributed by atoms with Crippen molar-refractivity contribution < 1.29 is 23.0 Å². The molecule has 0 amide bonds. The monoisotopic (exact) mass is 410 g/mol. The van der Waals surface area contributed by atoms with Crippen molar-refractivity contribution in [3.8, 4) is 11.5 Å². The van der Waals surface area contributed by atoms with E-state index in [1.54, 1.807) is 6.92 Å². The third kappa shape index (κ3) is 6.07. The summed E-state index contributed by atoms with van der Waals surface area (Å²) in [5, 5.41) is 0. The van der Waals surface area contributed by atoms with Crippen LogP contribution in [0.3, 0.4) is 0 Å². The number of halogens is 2. The van der Waals surface area contributed by atoms with Crippen molar-refractivity contribution >= 4 is 0 Å². The lowest BCUT2D eigenvalue weighted by Crippen LogP contribution is -2.33. The Morgan fingerprint density at radius 2 is 1.55 bits per heavy atom. The van der Waals surface area contributed by atoms with Gasteiger partial charge in [-0.15, -0.1) is 0 Å². The van der Waals surface area contributed by atoms with Gasteiger partial charge in [0.2, 0.25) is 11.6 Å². The second-order valence-corrected chi connectivity index (χ2v) is 8.65. The van der Waals surface area contributed by atoms with Crippen molar-refractivity contribution in [1.82, 2.24) is 0 Å². The molecule has 2 unspecified atom stereocenters. The quantitative estimate of drug-likeness (QED) is 0.463. The third-order valence-corrected chi connectivity index (χ3v) is 6.63. The van der Waals surface area contributed by atoms with E-state index in [0.29, 0.717) is 31.2 Å². The molecule has 2 fully saturated rings. The molecular formula is C24H36F2O3. The molecule has 0 radical (unpaired) electrons. The minimum atomic E-state index is -0.970. The summed E-state index contributed by atoms with van der Waals surface area (Å²) < 4.78 is 45.0. The molecular weight excluding hydrogens is 374 g/mol. The van der Waals surface area contributed by atoms with Crippen LogP contribution in [0.2, 0.25) is 0 Å². The van der Waals surface area contributed by atoms with E-state index in [4.69, 9.17) is 14.2 Å².